The van der Waals surface area contributed by atoms with E-state index in [-0.39, 0.29) is 5.56 Å². The van der Waals surface area contributed by atoms with Crippen LogP contribution in [0, 0.1) is 11.8 Å². The Morgan fingerprint density at radius 2 is 2.33 bits per heavy atom. The highest BCUT2D eigenvalue weighted by atomic mass is 35.5. The van der Waals surface area contributed by atoms with Gasteiger partial charge in [-0.1, -0.05) is 29.5 Å². The molecule has 0 unspecified atom stereocenters. The normalized spacial score (nSPS) is 9.20. The summed E-state index contributed by atoms with van der Waals surface area (Å²) in [6.07, 6.45) is 0. The molecule has 0 saturated heterocycles. The van der Waals surface area contributed by atoms with Gasteiger partial charge in [-0.2, -0.15) is 0 Å². The largest absolute Gasteiger partial charge is 0.478 e. The minimum Gasteiger partial charge on any atom is -0.478 e. The van der Waals surface area contributed by atoms with Gasteiger partial charge >= 0.3 is 5.97 Å². The fraction of sp³-hybridized carbons (Fsp3) is 0.182. The first-order valence-electron chi connectivity index (χ1n) is 4.32. The maximum Gasteiger partial charge on any atom is 0.337 e. The van der Waals surface area contributed by atoms with Crippen LogP contribution in [0.5, 0.6) is 0 Å². The second kappa shape index (κ2) is 5.40. The van der Waals surface area contributed by atoms with Gasteiger partial charge in [0.1, 0.15) is 0 Å². The Hall–Kier alpha value is -1.50. The number of halogens is 1. The van der Waals surface area contributed by atoms with Crippen LogP contribution < -0.4 is 5.32 Å². The Bertz CT molecular complexity index is 432. The van der Waals surface area contributed by atoms with Crippen molar-refractivity contribution in [1.82, 2.24) is 5.32 Å². The molecule has 0 spiro atoms. The van der Waals surface area contributed by atoms with Gasteiger partial charge in [0.25, 0.3) is 0 Å². The molecule has 0 atom stereocenters. The number of hydrogen-bond acceptors (Lipinski definition) is 2. The molecule has 0 aliphatic heterocycles. The highest BCUT2D eigenvalue weighted by Crippen LogP contribution is 2.18. The average Bonchev–Trinajstić information content (AvgIpc) is 2.20. The van der Waals surface area contributed by atoms with Crippen molar-refractivity contribution in [2.45, 2.75) is 0 Å². The molecule has 4 heteroatoms. The molecule has 1 rings (SSSR count). The molecule has 0 fully saturated rings. The molecule has 0 amide bonds. The molecule has 2 N–H and O–H groups in total. The average molecular weight is 224 g/mol. The van der Waals surface area contributed by atoms with Crippen molar-refractivity contribution < 1.29 is 9.90 Å². The fourth-order valence-electron chi connectivity index (χ4n) is 1.05. The zero-order valence-electron chi connectivity index (χ0n) is 8.17. The van der Waals surface area contributed by atoms with E-state index in [1.54, 1.807) is 19.2 Å². The van der Waals surface area contributed by atoms with Gasteiger partial charge in [-0.15, -0.1) is 0 Å². The van der Waals surface area contributed by atoms with Gasteiger partial charge in [-0.3, -0.25) is 0 Å². The van der Waals surface area contributed by atoms with E-state index < -0.39 is 5.97 Å². The molecule has 0 heterocycles. The molecule has 0 aromatic heterocycles. The number of carboxylic acid groups (broad SMARTS) is 1. The molecule has 0 radical (unpaired) electrons. The van der Waals surface area contributed by atoms with Crippen molar-refractivity contribution in [2.24, 2.45) is 0 Å². The van der Waals surface area contributed by atoms with E-state index in [1.807, 2.05) is 0 Å². The van der Waals surface area contributed by atoms with Gasteiger partial charge in [-0.25, -0.2) is 4.79 Å². The summed E-state index contributed by atoms with van der Waals surface area (Å²) in [6, 6.07) is 4.70. The summed E-state index contributed by atoms with van der Waals surface area (Å²) >= 11 is 5.87. The van der Waals surface area contributed by atoms with Crippen molar-refractivity contribution in [3.8, 4) is 11.8 Å². The molecule has 0 saturated carbocycles. The number of aromatic carboxylic acids is 1. The predicted molar refractivity (Wildman–Crippen MR) is 59.2 cm³/mol. The standard InChI is InChI=1S/C11H10ClNO2/c1-13-7-3-5-8-9(11(14)15)4-2-6-10(8)12/h2,4,6,13H,7H2,1H3,(H,14,15). The molecule has 0 bridgehead atoms. The number of carboxylic acids is 1. The third-order valence-electron chi connectivity index (χ3n) is 1.72. The van der Waals surface area contributed by atoms with Crippen LogP contribution in [0.15, 0.2) is 18.2 Å². The summed E-state index contributed by atoms with van der Waals surface area (Å²) < 4.78 is 0. The highest BCUT2D eigenvalue weighted by Gasteiger charge is 2.10. The van der Waals surface area contributed by atoms with Crippen LogP contribution in [0.25, 0.3) is 0 Å². The SMILES string of the molecule is CNCC#Cc1c(Cl)cccc1C(=O)O. The van der Waals surface area contributed by atoms with Crippen LogP contribution in [-0.4, -0.2) is 24.7 Å². The lowest BCUT2D eigenvalue weighted by Gasteiger charge is -2.00. The van der Waals surface area contributed by atoms with Crippen LogP contribution >= 0.6 is 11.6 Å². The summed E-state index contributed by atoms with van der Waals surface area (Å²) in [5, 5.41) is 12.1. The Morgan fingerprint density at radius 3 is 2.93 bits per heavy atom. The second-order valence-electron chi connectivity index (χ2n) is 2.80. The van der Waals surface area contributed by atoms with E-state index in [0.717, 1.165) is 0 Å². The van der Waals surface area contributed by atoms with Crippen molar-refractivity contribution >= 4 is 17.6 Å². The van der Waals surface area contributed by atoms with E-state index in [1.165, 1.54) is 6.07 Å². The Balaban J connectivity index is 3.15. The third kappa shape index (κ3) is 2.98. The van der Waals surface area contributed by atoms with Gasteiger partial charge in [0.15, 0.2) is 0 Å². The topological polar surface area (TPSA) is 49.3 Å². The van der Waals surface area contributed by atoms with Gasteiger partial charge in [0.05, 0.1) is 22.7 Å². The molecule has 0 aliphatic rings. The van der Waals surface area contributed by atoms with E-state index in [4.69, 9.17) is 16.7 Å². The molecular formula is C11H10ClNO2. The molecule has 1 aromatic carbocycles. The quantitative estimate of drug-likeness (QED) is 0.749. The lowest BCUT2D eigenvalue weighted by atomic mass is 10.1. The van der Waals surface area contributed by atoms with Crippen molar-refractivity contribution in [1.29, 1.82) is 0 Å². The van der Waals surface area contributed by atoms with Gasteiger partial charge in [-0.05, 0) is 19.2 Å². The zero-order valence-corrected chi connectivity index (χ0v) is 8.93. The highest BCUT2D eigenvalue weighted by molar-refractivity contribution is 6.32. The molecular weight excluding hydrogens is 214 g/mol. The molecule has 78 valence electrons. The third-order valence-corrected chi connectivity index (χ3v) is 2.04. The lowest BCUT2D eigenvalue weighted by molar-refractivity contribution is 0.0696. The van der Waals surface area contributed by atoms with Crippen LogP contribution in [0.1, 0.15) is 15.9 Å². The number of hydrogen-bond donors (Lipinski definition) is 2. The van der Waals surface area contributed by atoms with E-state index in [2.05, 4.69) is 17.2 Å². The van der Waals surface area contributed by atoms with Crippen LogP contribution in [-0.2, 0) is 0 Å². The smallest absolute Gasteiger partial charge is 0.337 e. The van der Waals surface area contributed by atoms with E-state index >= 15 is 0 Å². The number of nitrogens with one attached hydrogen (secondary N) is 1. The molecule has 3 nitrogen and oxygen atoms in total. The summed E-state index contributed by atoms with van der Waals surface area (Å²) in [5.41, 5.74) is 0.494. The summed E-state index contributed by atoms with van der Waals surface area (Å²) in [4.78, 5) is 10.9. The van der Waals surface area contributed by atoms with Crippen molar-refractivity contribution in [2.75, 3.05) is 13.6 Å². The summed E-state index contributed by atoms with van der Waals surface area (Å²) in [5.74, 6) is 4.50. The Kier molecular flexibility index (Phi) is 4.17. The number of benzene rings is 1. The first kappa shape index (κ1) is 11.6. The second-order valence-corrected chi connectivity index (χ2v) is 3.21. The van der Waals surface area contributed by atoms with Gasteiger partial charge in [0.2, 0.25) is 0 Å². The first-order chi connectivity index (χ1) is 7.16. The van der Waals surface area contributed by atoms with E-state index in [9.17, 15) is 4.79 Å². The molecule has 1 aromatic rings. The minimum absolute atomic E-state index is 0.131. The Morgan fingerprint density at radius 1 is 1.60 bits per heavy atom. The van der Waals surface area contributed by atoms with Crippen molar-refractivity contribution in [3.63, 3.8) is 0 Å². The molecule has 0 aliphatic carbocycles. The predicted octanol–water partition coefficient (Wildman–Crippen LogP) is 1.61. The van der Waals surface area contributed by atoms with Gasteiger partial charge < -0.3 is 10.4 Å². The first-order valence-corrected chi connectivity index (χ1v) is 4.70. The zero-order chi connectivity index (χ0) is 11.3. The Labute approximate surface area is 93.1 Å². The summed E-state index contributed by atoms with van der Waals surface area (Å²) in [7, 11) is 1.76. The minimum atomic E-state index is -1.02. The van der Waals surface area contributed by atoms with Crippen LogP contribution in [0.4, 0.5) is 0 Å². The molecule has 15 heavy (non-hydrogen) atoms. The van der Waals surface area contributed by atoms with Crippen LogP contribution in [0.2, 0.25) is 5.02 Å². The van der Waals surface area contributed by atoms with Gasteiger partial charge in [0, 0.05) is 0 Å². The number of carbonyl (C=O) groups is 1. The van der Waals surface area contributed by atoms with E-state index in [0.29, 0.717) is 17.1 Å². The maximum absolute atomic E-state index is 10.9. The van der Waals surface area contributed by atoms with Crippen LogP contribution in [0.3, 0.4) is 0 Å². The monoisotopic (exact) mass is 223 g/mol. The fourth-order valence-corrected chi connectivity index (χ4v) is 1.27. The number of rotatable bonds is 2. The lowest BCUT2D eigenvalue weighted by Crippen LogP contribution is -2.05. The maximum atomic E-state index is 10.9. The van der Waals surface area contributed by atoms with Crippen molar-refractivity contribution in [3.05, 3.63) is 34.3 Å². The summed E-state index contributed by atoms with van der Waals surface area (Å²) in [6.45, 7) is 0.490.